The smallest absolute Gasteiger partial charge is 0.137 e. The molecule has 1 heterocycles. The minimum absolute atomic E-state index is 0.336. The third-order valence-electron chi connectivity index (χ3n) is 5.47. The van der Waals surface area contributed by atoms with Crippen LogP contribution in [-0.2, 0) is 0 Å². The van der Waals surface area contributed by atoms with Crippen molar-refractivity contribution in [3.8, 4) is 11.5 Å². The van der Waals surface area contributed by atoms with Crippen molar-refractivity contribution in [1.29, 1.82) is 0 Å². The number of hydrogen-bond acceptors (Lipinski definition) is 3. The van der Waals surface area contributed by atoms with Gasteiger partial charge in [-0.15, -0.1) is 0 Å². The Balaban J connectivity index is 1.57. The molecule has 1 fully saturated rings. The van der Waals surface area contributed by atoms with Crippen LogP contribution in [0, 0.1) is 0 Å². The van der Waals surface area contributed by atoms with E-state index in [2.05, 4.69) is 32.0 Å². The van der Waals surface area contributed by atoms with E-state index in [9.17, 15) is 5.11 Å². The number of quaternary nitrogens is 1. The van der Waals surface area contributed by atoms with E-state index < -0.39 is 6.10 Å². The van der Waals surface area contributed by atoms with Gasteiger partial charge in [-0.2, -0.15) is 0 Å². The third-order valence-corrected chi connectivity index (χ3v) is 5.47. The lowest BCUT2D eigenvalue weighted by Gasteiger charge is -2.25. The Bertz CT molecular complexity index is 714. The van der Waals surface area contributed by atoms with Crippen molar-refractivity contribution in [2.24, 2.45) is 0 Å². The van der Waals surface area contributed by atoms with Crippen molar-refractivity contribution in [2.75, 3.05) is 26.8 Å². The minimum Gasteiger partial charge on any atom is -0.497 e. The summed E-state index contributed by atoms with van der Waals surface area (Å²) in [4.78, 5) is 1.44. The molecule has 0 radical (unpaired) electrons. The molecule has 0 spiro atoms. The fourth-order valence-corrected chi connectivity index (χ4v) is 4.03. The molecule has 2 aromatic carbocycles. The molecule has 2 N–H and O–H groups in total. The summed E-state index contributed by atoms with van der Waals surface area (Å²) in [5.74, 6) is 2.17. The fraction of sp³-hybridized carbons (Fsp3) is 0.478. The lowest BCUT2D eigenvalue weighted by Crippen LogP contribution is -3.11. The Hall–Kier alpha value is -2.04. The van der Waals surface area contributed by atoms with Gasteiger partial charge in [0.25, 0.3) is 0 Å². The summed E-state index contributed by atoms with van der Waals surface area (Å²) in [6.45, 7) is 6.46. The van der Waals surface area contributed by atoms with Crippen LogP contribution in [0.1, 0.15) is 49.8 Å². The number of aliphatic hydroxyl groups is 1. The van der Waals surface area contributed by atoms with Crippen LogP contribution in [-0.4, -0.2) is 38.0 Å². The molecule has 3 atom stereocenters. The molecule has 27 heavy (non-hydrogen) atoms. The van der Waals surface area contributed by atoms with Crippen LogP contribution >= 0.6 is 0 Å². The van der Waals surface area contributed by atoms with Crippen LogP contribution in [0.15, 0.2) is 48.5 Å². The average molecular weight is 371 g/mol. The molecule has 1 aliphatic heterocycles. The quantitative estimate of drug-likeness (QED) is 0.751. The number of nitrogens with one attached hydrogen (secondary N) is 1. The fourth-order valence-electron chi connectivity index (χ4n) is 4.03. The van der Waals surface area contributed by atoms with Crippen molar-refractivity contribution in [3.63, 3.8) is 0 Å². The van der Waals surface area contributed by atoms with Crippen LogP contribution in [0.25, 0.3) is 0 Å². The zero-order valence-electron chi connectivity index (χ0n) is 16.7. The second kappa shape index (κ2) is 9.25. The van der Waals surface area contributed by atoms with Gasteiger partial charge in [0.1, 0.15) is 36.8 Å². The second-order valence-electron chi connectivity index (χ2n) is 7.74. The van der Waals surface area contributed by atoms with Crippen molar-refractivity contribution in [3.05, 3.63) is 59.7 Å². The van der Waals surface area contributed by atoms with E-state index in [1.807, 2.05) is 30.3 Å². The summed E-state index contributed by atoms with van der Waals surface area (Å²) in [6, 6.07) is 16.9. The van der Waals surface area contributed by atoms with Gasteiger partial charge in [0.05, 0.1) is 13.7 Å². The van der Waals surface area contributed by atoms with Crippen molar-refractivity contribution >= 4 is 0 Å². The van der Waals surface area contributed by atoms with E-state index in [4.69, 9.17) is 9.47 Å². The van der Waals surface area contributed by atoms with Gasteiger partial charge in [-0.1, -0.05) is 32.0 Å². The Morgan fingerprint density at radius 3 is 2.56 bits per heavy atom. The number of benzene rings is 2. The summed E-state index contributed by atoms with van der Waals surface area (Å²) in [5, 5.41) is 10.6. The Morgan fingerprint density at radius 1 is 1.11 bits per heavy atom. The third kappa shape index (κ3) is 5.02. The zero-order chi connectivity index (χ0) is 19.2. The van der Waals surface area contributed by atoms with E-state index in [0.717, 1.165) is 24.5 Å². The highest BCUT2D eigenvalue weighted by atomic mass is 16.5. The van der Waals surface area contributed by atoms with Crippen molar-refractivity contribution in [2.45, 2.75) is 44.8 Å². The predicted octanol–water partition coefficient (Wildman–Crippen LogP) is 2.98. The molecule has 2 aromatic rings. The molecule has 1 saturated heterocycles. The molecule has 3 rings (SSSR count). The molecule has 146 valence electrons. The van der Waals surface area contributed by atoms with Crippen molar-refractivity contribution in [1.82, 2.24) is 0 Å². The Labute approximate surface area is 162 Å². The summed E-state index contributed by atoms with van der Waals surface area (Å²) in [5.41, 5.74) is 2.51. The van der Waals surface area contributed by atoms with E-state index in [1.165, 1.54) is 22.4 Å². The van der Waals surface area contributed by atoms with Gasteiger partial charge in [-0.3, -0.25) is 0 Å². The summed E-state index contributed by atoms with van der Waals surface area (Å²) in [6.07, 6.45) is 1.88. The SMILES string of the molecule is COc1ccc([C@@H]2CCC[NH+]2C[C@@H](O)COc2ccccc2C(C)C)cc1. The first kappa shape index (κ1) is 19.7. The van der Waals surface area contributed by atoms with Gasteiger partial charge in [-0.25, -0.2) is 0 Å². The van der Waals surface area contributed by atoms with Gasteiger partial charge in [0.15, 0.2) is 0 Å². The second-order valence-corrected chi connectivity index (χ2v) is 7.74. The number of likely N-dealkylation sites (tertiary alicyclic amines) is 1. The maximum Gasteiger partial charge on any atom is 0.137 e. The number of rotatable bonds is 8. The maximum absolute atomic E-state index is 10.6. The first-order valence-electron chi connectivity index (χ1n) is 9.96. The van der Waals surface area contributed by atoms with Gasteiger partial charge >= 0.3 is 0 Å². The van der Waals surface area contributed by atoms with Crippen LogP contribution < -0.4 is 14.4 Å². The van der Waals surface area contributed by atoms with Crippen molar-refractivity contribution < 1.29 is 19.5 Å². The Kier molecular flexibility index (Phi) is 6.75. The van der Waals surface area contributed by atoms with E-state index >= 15 is 0 Å². The van der Waals surface area contributed by atoms with Crippen LogP contribution in [0.4, 0.5) is 0 Å². The molecule has 4 heteroatoms. The van der Waals surface area contributed by atoms with Gasteiger partial charge in [0, 0.05) is 18.4 Å². The number of para-hydroxylation sites is 1. The van der Waals surface area contributed by atoms with E-state index in [0.29, 0.717) is 25.1 Å². The molecular weight excluding hydrogens is 338 g/mol. The lowest BCUT2D eigenvalue weighted by molar-refractivity contribution is -0.921. The molecule has 1 aliphatic rings. The van der Waals surface area contributed by atoms with Gasteiger partial charge in [0.2, 0.25) is 0 Å². The molecule has 0 bridgehead atoms. The highest BCUT2D eigenvalue weighted by Crippen LogP contribution is 2.26. The standard InChI is InChI=1S/C23H31NO3/c1-17(2)21-7-4-5-9-23(21)27-16-19(25)15-24-14-6-8-22(24)18-10-12-20(26-3)13-11-18/h4-5,7,9-13,17,19,22,25H,6,8,14-16H2,1-3H3/p+1/t19-,22+/m1/s1. The molecular formula is C23H32NO3+. The highest BCUT2D eigenvalue weighted by molar-refractivity contribution is 5.35. The molecule has 0 saturated carbocycles. The van der Waals surface area contributed by atoms with Gasteiger partial charge in [-0.05, 0) is 41.8 Å². The molecule has 0 aromatic heterocycles. The minimum atomic E-state index is -0.473. The largest absolute Gasteiger partial charge is 0.497 e. The normalized spacial score (nSPS) is 20.6. The summed E-state index contributed by atoms with van der Waals surface area (Å²) >= 11 is 0. The lowest BCUT2D eigenvalue weighted by atomic mass is 10.0. The van der Waals surface area contributed by atoms with E-state index in [1.54, 1.807) is 7.11 Å². The average Bonchev–Trinajstić information content (AvgIpc) is 3.14. The number of ether oxygens (including phenoxy) is 2. The molecule has 4 nitrogen and oxygen atoms in total. The first-order chi connectivity index (χ1) is 13.1. The molecule has 1 unspecified atom stereocenters. The molecule has 0 amide bonds. The zero-order valence-corrected chi connectivity index (χ0v) is 16.7. The van der Waals surface area contributed by atoms with Crippen LogP contribution in [0.3, 0.4) is 0 Å². The maximum atomic E-state index is 10.6. The Morgan fingerprint density at radius 2 is 1.85 bits per heavy atom. The summed E-state index contributed by atoms with van der Waals surface area (Å²) < 4.78 is 11.2. The number of methoxy groups -OCH3 is 1. The summed E-state index contributed by atoms with van der Waals surface area (Å²) in [7, 11) is 1.69. The van der Waals surface area contributed by atoms with Gasteiger partial charge < -0.3 is 19.5 Å². The van der Waals surface area contributed by atoms with E-state index in [-0.39, 0.29) is 0 Å². The first-order valence-corrected chi connectivity index (χ1v) is 9.96. The number of hydrogen-bond donors (Lipinski definition) is 2. The monoisotopic (exact) mass is 370 g/mol. The predicted molar refractivity (Wildman–Crippen MR) is 108 cm³/mol. The highest BCUT2D eigenvalue weighted by Gasteiger charge is 2.31. The van der Waals surface area contributed by atoms with Crippen LogP contribution in [0.2, 0.25) is 0 Å². The number of aliphatic hydroxyl groups excluding tert-OH is 1. The molecule has 0 aliphatic carbocycles. The topological polar surface area (TPSA) is 43.1 Å². The van der Waals surface area contributed by atoms with Crippen LogP contribution in [0.5, 0.6) is 11.5 Å².